The maximum atomic E-state index is 11.0. The highest BCUT2D eigenvalue weighted by Crippen LogP contribution is 1.93. The maximum absolute atomic E-state index is 11.0. The topological polar surface area (TPSA) is 104 Å². The fourth-order valence-corrected chi connectivity index (χ4v) is 0.780. The van der Waals surface area contributed by atoms with E-state index in [0.717, 1.165) is 6.20 Å². The van der Waals surface area contributed by atoms with Gasteiger partial charge in [0.15, 0.2) is 0 Å². The Balaban J connectivity index is 2.82. The van der Waals surface area contributed by atoms with Crippen molar-refractivity contribution in [3.63, 3.8) is 0 Å². The molecule has 0 unspecified atom stereocenters. The lowest BCUT2D eigenvalue weighted by Gasteiger charge is -2.02. The Labute approximate surface area is 78.1 Å². The number of aromatic amines is 2. The summed E-state index contributed by atoms with van der Waals surface area (Å²) in [4.78, 5) is 36.7. The van der Waals surface area contributed by atoms with Crippen LogP contribution >= 0.6 is 0 Å². The molecule has 0 fully saturated rings. The van der Waals surface area contributed by atoms with Gasteiger partial charge < -0.3 is 9.72 Å². The lowest BCUT2D eigenvalue weighted by atomic mass is 10.5. The van der Waals surface area contributed by atoms with Gasteiger partial charge in [-0.3, -0.25) is 15.1 Å². The number of carbonyl (C=O) groups excluding carboxylic acids is 1. The summed E-state index contributed by atoms with van der Waals surface area (Å²) in [7, 11) is 0. The van der Waals surface area contributed by atoms with Crippen LogP contribution in [0.5, 0.6) is 0 Å². The van der Waals surface area contributed by atoms with Gasteiger partial charge in [-0.25, -0.2) is 9.59 Å². The number of rotatable bonds is 2. The minimum atomic E-state index is -0.745. The van der Waals surface area contributed by atoms with Crippen molar-refractivity contribution in [3.05, 3.63) is 27.0 Å². The minimum absolute atomic E-state index is 0.0666. The average Bonchev–Trinajstić information content (AvgIpc) is 2.10. The standard InChI is InChI=1S/C7H9N3O4/c1-2-14-7(13)9-4-3-8-6(12)10-5(4)11/h3H,2H2,1H3,(H,9,13)(H2,8,10,11,12). The van der Waals surface area contributed by atoms with Crippen LogP contribution in [-0.4, -0.2) is 22.7 Å². The van der Waals surface area contributed by atoms with Gasteiger partial charge >= 0.3 is 11.8 Å². The monoisotopic (exact) mass is 199 g/mol. The highest BCUT2D eigenvalue weighted by molar-refractivity contribution is 5.83. The largest absolute Gasteiger partial charge is 0.450 e. The first-order chi connectivity index (χ1) is 6.63. The van der Waals surface area contributed by atoms with Gasteiger partial charge in [0.2, 0.25) is 0 Å². The molecule has 7 heteroatoms. The summed E-state index contributed by atoms with van der Waals surface area (Å²) in [5.41, 5.74) is -1.38. The van der Waals surface area contributed by atoms with Crippen LogP contribution in [0, 0.1) is 0 Å². The smallest absolute Gasteiger partial charge is 0.411 e. The van der Waals surface area contributed by atoms with E-state index in [0.29, 0.717) is 0 Å². The van der Waals surface area contributed by atoms with E-state index in [1.807, 2.05) is 4.98 Å². The number of hydrogen-bond acceptors (Lipinski definition) is 4. The van der Waals surface area contributed by atoms with E-state index >= 15 is 0 Å². The molecule has 0 aliphatic carbocycles. The molecule has 0 spiro atoms. The zero-order valence-corrected chi connectivity index (χ0v) is 7.42. The van der Waals surface area contributed by atoms with Gasteiger partial charge in [-0.15, -0.1) is 0 Å². The van der Waals surface area contributed by atoms with E-state index in [9.17, 15) is 14.4 Å². The van der Waals surface area contributed by atoms with Gasteiger partial charge in [-0.05, 0) is 6.92 Å². The molecule has 14 heavy (non-hydrogen) atoms. The molecule has 1 aromatic rings. The third kappa shape index (κ3) is 2.47. The molecule has 1 rings (SSSR count). The Morgan fingerprint density at radius 2 is 2.29 bits per heavy atom. The fraction of sp³-hybridized carbons (Fsp3) is 0.286. The number of anilines is 1. The van der Waals surface area contributed by atoms with Crippen molar-refractivity contribution in [1.82, 2.24) is 9.97 Å². The molecule has 3 N–H and O–H groups in total. The molecule has 0 aliphatic heterocycles. The van der Waals surface area contributed by atoms with Crippen LogP contribution in [0.25, 0.3) is 0 Å². The molecular formula is C7H9N3O4. The quantitative estimate of drug-likeness (QED) is 0.604. The molecule has 1 heterocycles. The summed E-state index contributed by atoms with van der Waals surface area (Å²) >= 11 is 0. The molecule has 1 amide bonds. The van der Waals surface area contributed by atoms with Crippen LogP contribution < -0.4 is 16.6 Å². The Kier molecular flexibility index (Phi) is 3.05. The lowest BCUT2D eigenvalue weighted by molar-refractivity contribution is 0.168. The maximum Gasteiger partial charge on any atom is 0.411 e. The second kappa shape index (κ2) is 4.26. The first-order valence-corrected chi connectivity index (χ1v) is 3.89. The number of amides is 1. The number of aromatic nitrogens is 2. The first kappa shape index (κ1) is 10.0. The number of nitrogens with one attached hydrogen (secondary N) is 3. The molecule has 0 saturated heterocycles. The summed E-state index contributed by atoms with van der Waals surface area (Å²) in [6, 6.07) is 0. The Morgan fingerprint density at radius 1 is 1.57 bits per heavy atom. The second-order valence-electron chi connectivity index (χ2n) is 2.33. The minimum Gasteiger partial charge on any atom is -0.450 e. The van der Waals surface area contributed by atoms with Crippen molar-refractivity contribution in [1.29, 1.82) is 0 Å². The van der Waals surface area contributed by atoms with Crippen LogP contribution in [-0.2, 0) is 4.74 Å². The van der Waals surface area contributed by atoms with Crippen LogP contribution in [0.15, 0.2) is 15.8 Å². The van der Waals surface area contributed by atoms with Gasteiger partial charge in [-0.1, -0.05) is 0 Å². The third-order valence-electron chi connectivity index (χ3n) is 1.33. The van der Waals surface area contributed by atoms with Crippen LogP contribution in [0.1, 0.15) is 6.92 Å². The molecule has 0 bridgehead atoms. The van der Waals surface area contributed by atoms with Crippen LogP contribution in [0.3, 0.4) is 0 Å². The van der Waals surface area contributed by atoms with E-state index in [-0.39, 0.29) is 12.3 Å². The van der Waals surface area contributed by atoms with E-state index in [1.54, 1.807) is 6.92 Å². The van der Waals surface area contributed by atoms with Gasteiger partial charge in [-0.2, -0.15) is 0 Å². The molecule has 0 radical (unpaired) electrons. The molecule has 0 aromatic carbocycles. The van der Waals surface area contributed by atoms with Crippen molar-refractivity contribution in [2.45, 2.75) is 6.92 Å². The van der Waals surface area contributed by atoms with E-state index < -0.39 is 17.3 Å². The second-order valence-corrected chi connectivity index (χ2v) is 2.33. The van der Waals surface area contributed by atoms with Gasteiger partial charge in [0.05, 0.1) is 6.61 Å². The van der Waals surface area contributed by atoms with Crippen LogP contribution in [0.2, 0.25) is 0 Å². The fourth-order valence-electron chi connectivity index (χ4n) is 0.780. The molecule has 1 aromatic heterocycles. The zero-order chi connectivity index (χ0) is 10.6. The lowest BCUT2D eigenvalue weighted by Crippen LogP contribution is -2.26. The van der Waals surface area contributed by atoms with Gasteiger partial charge in [0.25, 0.3) is 5.56 Å². The predicted octanol–water partition coefficient (Wildman–Crippen LogP) is -0.368. The normalized spacial score (nSPS) is 9.50. The zero-order valence-electron chi connectivity index (χ0n) is 7.42. The van der Waals surface area contributed by atoms with Crippen molar-refractivity contribution in [3.8, 4) is 0 Å². The summed E-state index contributed by atoms with van der Waals surface area (Å²) in [6.07, 6.45) is 0.350. The Hall–Kier alpha value is -2.05. The van der Waals surface area contributed by atoms with Crippen LogP contribution in [0.4, 0.5) is 10.5 Å². The van der Waals surface area contributed by atoms with Gasteiger partial charge in [0, 0.05) is 6.20 Å². The summed E-state index contributed by atoms with van der Waals surface area (Å²) < 4.78 is 4.54. The number of hydrogen-bond donors (Lipinski definition) is 3. The first-order valence-electron chi connectivity index (χ1n) is 3.89. The van der Waals surface area contributed by atoms with Crippen molar-refractivity contribution < 1.29 is 9.53 Å². The SMILES string of the molecule is CCOC(=O)Nc1c[nH]c(=O)[nH]c1=O. The van der Waals surface area contributed by atoms with Crippen molar-refractivity contribution >= 4 is 11.8 Å². The Bertz CT molecular complexity index is 433. The highest BCUT2D eigenvalue weighted by atomic mass is 16.5. The van der Waals surface area contributed by atoms with E-state index in [4.69, 9.17) is 0 Å². The molecule has 0 saturated carbocycles. The highest BCUT2D eigenvalue weighted by Gasteiger charge is 2.05. The molecule has 76 valence electrons. The third-order valence-corrected chi connectivity index (χ3v) is 1.33. The van der Waals surface area contributed by atoms with Crippen molar-refractivity contribution in [2.75, 3.05) is 11.9 Å². The molecule has 7 nitrogen and oxygen atoms in total. The van der Waals surface area contributed by atoms with E-state index in [1.165, 1.54) is 0 Å². The Morgan fingerprint density at radius 3 is 2.86 bits per heavy atom. The number of carbonyl (C=O) groups is 1. The summed E-state index contributed by atoms with van der Waals surface area (Å²) in [5, 5.41) is 2.16. The molecule has 0 atom stereocenters. The number of ether oxygens (including phenoxy) is 1. The van der Waals surface area contributed by atoms with E-state index in [2.05, 4.69) is 15.0 Å². The average molecular weight is 199 g/mol. The van der Waals surface area contributed by atoms with Crippen molar-refractivity contribution in [2.24, 2.45) is 0 Å². The summed E-state index contributed by atoms with van der Waals surface area (Å²) in [5.74, 6) is 0. The number of H-pyrrole nitrogens is 2. The molecule has 0 aliphatic rings. The molecular weight excluding hydrogens is 190 g/mol. The summed E-state index contributed by atoms with van der Waals surface area (Å²) in [6.45, 7) is 1.84. The van der Waals surface area contributed by atoms with Gasteiger partial charge in [0.1, 0.15) is 5.69 Å². The predicted molar refractivity (Wildman–Crippen MR) is 48.3 cm³/mol.